The van der Waals surface area contributed by atoms with Gasteiger partial charge in [0.05, 0.1) is 12.7 Å². The lowest BCUT2D eigenvalue weighted by molar-refractivity contribution is -0.124. The predicted molar refractivity (Wildman–Crippen MR) is 90.8 cm³/mol. The Hall–Kier alpha value is -2.69. The number of amides is 1. The van der Waals surface area contributed by atoms with Gasteiger partial charge in [0.25, 0.3) is 0 Å². The highest BCUT2D eigenvalue weighted by atomic mass is 16.5. The van der Waals surface area contributed by atoms with Crippen LogP contribution in [0.3, 0.4) is 0 Å². The molecule has 1 aromatic carbocycles. The number of fused-ring (bicyclic) bond motifs is 1. The van der Waals surface area contributed by atoms with Crippen LogP contribution in [0, 0.1) is 0 Å². The zero-order valence-corrected chi connectivity index (χ0v) is 14.4. The number of benzene rings is 1. The molecule has 1 aromatic rings. The fourth-order valence-corrected chi connectivity index (χ4v) is 2.68. The number of allylic oxidation sites excluding steroid dienone is 3. The van der Waals surface area contributed by atoms with Gasteiger partial charge in [0.15, 0.2) is 11.5 Å². The molecular formula is C19H21NO4. The molecule has 0 spiro atoms. The van der Waals surface area contributed by atoms with Crippen LogP contribution in [0.25, 0.3) is 0 Å². The molecule has 0 unspecified atom stereocenters. The molecular weight excluding hydrogens is 306 g/mol. The van der Waals surface area contributed by atoms with Crippen LogP contribution in [0.1, 0.15) is 40.5 Å². The predicted octanol–water partition coefficient (Wildman–Crippen LogP) is 2.78. The van der Waals surface area contributed by atoms with Crippen LogP contribution in [-0.2, 0) is 9.53 Å². The van der Waals surface area contributed by atoms with Crippen molar-refractivity contribution in [2.75, 3.05) is 21.2 Å². The van der Waals surface area contributed by atoms with Gasteiger partial charge in [-0.3, -0.25) is 14.4 Å². The highest BCUT2D eigenvalue weighted by molar-refractivity contribution is 6.27. The number of carbonyl (C=O) groups excluding carboxylic acids is 3. The minimum Gasteiger partial charge on any atom is -0.492 e. The van der Waals surface area contributed by atoms with Crippen molar-refractivity contribution in [1.29, 1.82) is 0 Å². The lowest BCUT2D eigenvalue weighted by Crippen LogP contribution is -2.26. The van der Waals surface area contributed by atoms with E-state index in [1.54, 1.807) is 38.4 Å². The number of hydrogen-bond acceptors (Lipinski definition) is 4. The van der Waals surface area contributed by atoms with E-state index in [1.165, 1.54) is 18.1 Å². The molecule has 0 atom stereocenters. The van der Waals surface area contributed by atoms with Crippen LogP contribution < -0.4 is 0 Å². The van der Waals surface area contributed by atoms with Crippen LogP contribution in [0.5, 0.6) is 0 Å². The van der Waals surface area contributed by atoms with Gasteiger partial charge < -0.3 is 9.64 Å². The molecule has 0 fully saturated rings. The molecule has 1 amide bonds. The average Bonchev–Trinajstić information content (AvgIpc) is 2.58. The highest BCUT2D eigenvalue weighted by Crippen LogP contribution is 2.28. The fourth-order valence-electron chi connectivity index (χ4n) is 2.68. The number of carbonyl (C=O) groups is 3. The molecule has 24 heavy (non-hydrogen) atoms. The molecule has 1 aliphatic carbocycles. The summed E-state index contributed by atoms with van der Waals surface area (Å²) in [5, 5.41) is 0. The standard InChI is InChI=1S/C19H21NO4/c1-5-8-12(19(23)20(2)3)11-15-16(21)13-9-6-7-10-14(13)17(22)18(15)24-4/h6-7,9-11H,5,8H2,1-4H3/b12-11+. The van der Waals surface area contributed by atoms with Crippen LogP contribution in [0.4, 0.5) is 0 Å². The van der Waals surface area contributed by atoms with Gasteiger partial charge >= 0.3 is 0 Å². The maximum Gasteiger partial charge on any atom is 0.249 e. The third kappa shape index (κ3) is 3.15. The summed E-state index contributed by atoms with van der Waals surface area (Å²) in [5.74, 6) is -0.841. The molecule has 0 bridgehead atoms. The number of rotatable bonds is 5. The van der Waals surface area contributed by atoms with Gasteiger partial charge in [-0.05, 0) is 12.5 Å². The van der Waals surface area contributed by atoms with Crippen LogP contribution in [-0.4, -0.2) is 43.6 Å². The van der Waals surface area contributed by atoms with E-state index in [1.807, 2.05) is 6.92 Å². The summed E-state index contributed by atoms with van der Waals surface area (Å²) in [6.45, 7) is 1.95. The first-order valence-electron chi connectivity index (χ1n) is 7.81. The molecule has 5 heteroatoms. The van der Waals surface area contributed by atoms with E-state index in [2.05, 4.69) is 0 Å². The molecule has 0 aliphatic heterocycles. The number of likely N-dealkylation sites (N-methyl/N-ethyl adjacent to an activating group) is 1. The van der Waals surface area contributed by atoms with E-state index >= 15 is 0 Å². The second kappa shape index (κ2) is 7.25. The molecule has 126 valence electrons. The average molecular weight is 327 g/mol. The first kappa shape index (κ1) is 17.7. The molecule has 0 aromatic heterocycles. The Balaban J connectivity index is 2.61. The molecule has 1 aliphatic rings. The van der Waals surface area contributed by atoms with E-state index in [0.717, 1.165) is 6.42 Å². The van der Waals surface area contributed by atoms with E-state index in [4.69, 9.17) is 4.74 Å². The summed E-state index contributed by atoms with van der Waals surface area (Å²) in [5.41, 5.74) is 1.28. The number of ether oxygens (including phenoxy) is 1. The van der Waals surface area contributed by atoms with Gasteiger partial charge in [-0.1, -0.05) is 37.6 Å². The van der Waals surface area contributed by atoms with E-state index < -0.39 is 0 Å². The van der Waals surface area contributed by atoms with E-state index in [9.17, 15) is 14.4 Å². The number of Topliss-reactive ketones (excluding diaryl/α,β-unsaturated/α-hetero) is 2. The van der Waals surface area contributed by atoms with Gasteiger partial charge in [-0.25, -0.2) is 0 Å². The van der Waals surface area contributed by atoms with Crippen LogP contribution in [0.15, 0.2) is 47.2 Å². The monoisotopic (exact) mass is 327 g/mol. The topological polar surface area (TPSA) is 63.7 Å². The normalized spacial score (nSPS) is 14.6. The lowest BCUT2D eigenvalue weighted by atomic mass is 9.87. The number of hydrogen-bond donors (Lipinski definition) is 0. The Kier molecular flexibility index (Phi) is 5.34. The largest absolute Gasteiger partial charge is 0.492 e. The van der Waals surface area contributed by atoms with Crippen molar-refractivity contribution >= 4 is 17.5 Å². The van der Waals surface area contributed by atoms with Crippen molar-refractivity contribution in [1.82, 2.24) is 4.90 Å². The molecule has 0 N–H and O–H groups in total. The minimum atomic E-state index is -0.341. The van der Waals surface area contributed by atoms with Crippen molar-refractivity contribution < 1.29 is 19.1 Å². The van der Waals surface area contributed by atoms with E-state index in [0.29, 0.717) is 23.1 Å². The molecule has 5 nitrogen and oxygen atoms in total. The summed E-state index contributed by atoms with van der Waals surface area (Å²) in [6, 6.07) is 6.63. The SMILES string of the molecule is CCC/C(=C\C1=C(OC)C(=O)c2ccccc2C1=O)C(=O)N(C)C. The van der Waals surface area contributed by atoms with Gasteiger partial charge in [0.1, 0.15) is 0 Å². The maximum atomic E-state index is 12.8. The van der Waals surface area contributed by atoms with Crippen molar-refractivity contribution in [3.05, 3.63) is 58.4 Å². The molecule has 0 saturated carbocycles. The number of nitrogens with zero attached hydrogens (tertiary/aromatic N) is 1. The van der Waals surface area contributed by atoms with Gasteiger partial charge in [-0.15, -0.1) is 0 Å². The summed E-state index contributed by atoms with van der Waals surface area (Å²) in [7, 11) is 4.66. The summed E-state index contributed by atoms with van der Waals surface area (Å²) in [6.07, 6.45) is 2.77. The second-order valence-electron chi connectivity index (χ2n) is 5.77. The minimum absolute atomic E-state index is 0.0149. The van der Waals surface area contributed by atoms with Crippen molar-refractivity contribution in [2.24, 2.45) is 0 Å². The van der Waals surface area contributed by atoms with Crippen molar-refractivity contribution in [3.63, 3.8) is 0 Å². The number of methoxy groups -OCH3 is 1. The van der Waals surface area contributed by atoms with Gasteiger partial charge in [0, 0.05) is 30.8 Å². The molecule has 0 saturated heterocycles. The second-order valence-corrected chi connectivity index (χ2v) is 5.77. The molecule has 0 heterocycles. The Morgan fingerprint density at radius 1 is 1.12 bits per heavy atom. The Labute approximate surface area is 141 Å². The van der Waals surface area contributed by atoms with Crippen molar-refractivity contribution in [3.8, 4) is 0 Å². The van der Waals surface area contributed by atoms with Crippen LogP contribution >= 0.6 is 0 Å². The Morgan fingerprint density at radius 2 is 1.71 bits per heavy atom. The summed E-state index contributed by atoms with van der Waals surface area (Å²) >= 11 is 0. The smallest absolute Gasteiger partial charge is 0.249 e. The lowest BCUT2D eigenvalue weighted by Gasteiger charge is -2.19. The Morgan fingerprint density at radius 3 is 2.21 bits per heavy atom. The highest BCUT2D eigenvalue weighted by Gasteiger charge is 2.32. The maximum absolute atomic E-state index is 12.8. The zero-order chi connectivity index (χ0) is 17.9. The molecule has 2 rings (SSSR count). The first-order valence-corrected chi connectivity index (χ1v) is 7.81. The van der Waals surface area contributed by atoms with Crippen LogP contribution in [0.2, 0.25) is 0 Å². The first-order chi connectivity index (χ1) is 11.4. The summed E-state index contributed by atoms with van der Waals surface area (Å²) < 4.78 is 5.20. The van der Waals surface area contributed by atoms with Crippen molar-refractivity contribution in [2.45, 2.75) is 19.8 Å². The zero-order valence-electron chi connectivity index (χ0n) is 14.4. The van der Waals surface area contributed by atoms with Gasteiger partial charge in [-0.2, -0.15) is 0 Å². The number of ketones is 2. The summed E-state index contributed by atoms with van der Waals surface area (Å²) in [4.78, 5) is 39.2. The third-order valence-electron chi connectivity index (χ3n) is 3.83. The third-order valence-corrected chi connectivity index (χ3v) is 3.83. The quantitative estimate of drug-likeness (QED) is 0.780. The fraction of sp³-hybridized carbons (Fsp3) is 0.316. The van der Waals surface area contributed by atoms with Gasteiger partial charge in [0.2, 0.25) is 11.7 Å². The molecule has 0 radical (unpaired) electrons. The Bertz CT molecular complexity index is 756. The van der Waals surface area contributed by atoms with E-state index in [-0.39, 0.29) is 28.8 Å².